The van der Waals surface area contributed by atoms with Gasteiger partial charge in [0.2, 0.25) is 0 Å². The van der Waals surface area contributed by atoms with Gasteiger partial charge < -0.3 is 9.84 Å². The summed E-state index contributed by atoms with van der Waals surface area (Å²) >= 11 is 0. The van der Waals surface area contributed by atoms with Crippen LogP contribution in [0.1, 0.15) is 57.1 Å². The fraction of sp³-hybridized carbons (Fsp3) is 0.600. The molecule has 0 spiro atoms. The molecule has 5 heteroatoms. The van der Waals surface area contributed by atoms with Gasteiger partial charge in [0.25, 0.3) is 0 Å². The number of ether oxygens (including phenoxy) is 1. The van der Waals surface area contributed by atoms with Gasteiger partial charge in [-0.2, -0.15) is 0 Å². The molecule has 1 aromatic rings. The Morgan fingerprint density at radius 3 is 2.50 bits per heavy atom. The van der Waals surface area contributed by atoms with Crippen LogP contribution in [0.15, 0.2) is 24.3 Å². The van der Waals surface area contributed by atoms with Crippen molar-refractivity contribution in [2.75, 3.05) is 0 Å². The van der Waals surface area contributed by atoms with E-state index in [0.29, 0.717) is 12.0 Å². The molecule has 2 nitrogen and oxygen atoms in total. The van der Waals surface area contributed by atoms with Crippen molar-refractivity contribution in [3.8, 4) is 5.75 Å². The highest BCUT2D eigenvalue weighted by atomic mass is 19.4. The fourth-order valence-electron chi connectivity index (χ4n) is 2.03. The molecular weight excluding hydrogens is 269 g/mol. The Balaban J connectivity index is 2.47. The van der Waals surface area contributed by atoms with Crippen LogP contribution in [0.2, 0.25) is 0 Å². The molecule has 114 valence electrons. The van der Waals surface area contributed by atoms with Crippen LogP contribution in [-0.2, 0) is 0 Å². The highest BCUT2D eigenvalue weighted by molar-refractivity contribution is 5.30. The SMILES string of the molecule is CCCCCCCC(O)c1cccc(OC(F)(F)F)c1. The second kappa shape index (κ2) is 8.15. The second-order valence-corrected chi connectivity index (χ2v) is 4.84. The van der Waals surface area contributed by atoms with Crippen LogP contribution in [-0.4, -0.2) is 11.5 Å². The Bertz CT molecular complexity index is 391. The van der Waals surface area contributed by atoms with Gasteiger partial charge in [0.1, 0.15) is 5.75 Å². The number of hydrogen-bond donors (Lipinski definition) is 1. The zero-order chi connectivity index (χ0) is 15.0. The molecule has 1 rings (SSSR count). The molecule has 0 radical (unpaired) electrons. The van der Waals surface area contributed by atoms with Gasteiger partial charge >= 0.3 is 6.36 Å². The molecular formula is C15H21F3O2. The molecule has 0 amide bonds. The molecule has 1 N–H and O–H groups in total. The Hall–Kier alpha value is -1.23. The van der Waals surface area contributed by atoms with Gasteiger partial charge in [-0.3, -0.25) is 0 Å². The van der Waals surface area contributed by atoms with Crippen molar-refractivity contribution in [1.82, 2.24) is 0 Å². The third-order valence-electron chi connectivity index (χ3n) is 3.06. The van der Waals surface area contributed by atoms with Gasteiger partial charge in [-0.15, -0.1) is 13.2 Å². The molecule has 1 unspecified atom stereocenters. The largest absolute Gasteiger partial charge is 0.573 e. The molecule has 0 bridgehead atoms. The maximum absolute atomic E-state index is 12.1. The first kappa shape index (κ1) is 16.8. The average molecular weight is 290 g/mol. The van der Waals surface area contributed by atoms with Crippen LogP contribution in [0.4, 0.5) is 13.2 Å². The molecule has 0 heterocycles. The van der Waals surface area contributed by atoms with E-state index in [-0.39, 0.29) is 5.75 Å². The summed E-state index contributed by atoms with van der Waals surface area (Å²) in [6, 6.07) is 5.53. The Labute approximate surface area is 117 Å². The smallest absolute Gasteiger partial charge is 0.406 e. The lowest BCUT2D eigenvalue weighted by atomic mass is 10.0. The topological polar surface area (TPSA) is 29.5 Å². The standard InChI is InChI=1S/C15H21F3O2/c1-2-3-4-5-6-10-14(19)12-8-7-9-13(11-12)20-15(16,17)18/h7-9,11,14,19H,2-6,10H2,1H3. The summed E-state index contributed by atoms with van der Waals surface area (Å²) in [6.07, 6.45) is 0.455. The van der Waals surface area contributed by atoms with E-state index in [1.165, 1.54) is 24.6 Å². The van der Waals surface area contributed by atoms with E-state index in [0.717, 1.165) is 25.7 Å². The van der Waals surface area contributed by atoms with E-state index in [1.54, 1.807) is 6.07 Å². The minimum absolute atomic E-state index is 0.292. The highest BCUT2D eigenvalue weighted by Gasteiger charge is 2.31. The third-order valence-corrected chi connectivity index (χ3v) is 3.06. The van der Waals surface area contributed by atoms with Crippen LogP contribution in [0.3, 0.4) is 0 Å². The van der Waals surface area contributed by atoms with Gasteiger partial charge in [0.15, 0.2) is 0 Å². The van der Waals surface area contributed by atoms with Crippen molar-refractivity contribution in [2.24, 2.45) is 0 Å². The van der Waals surface area contributed by atoms with Crippen LogP contribution in [0, 0.1) is 0 Å². The number of unbranched alkanes of at least 4 members (excludes halogenated alkanes) is 4. The highest BCUT2D eigenvalue weighted by Crippen LogP contribution is 2.27. The van der Waals surface area contributed by atoms with Gasteiger partial charge in [-0.05, 0) is 24.1 Å². The predicted octanol–water partition coefficient (Wildman–Crippen LogP) is 4.98. The molecule has 0 aromatic heterocycles. The second-order valence-electron chi connectivity index (χ2n) is 4.84. The Kier molecular flexibility index (Phi) is 6.85. The van der Waals surface area contributed by atoms with Crippen molar-refractivity contribution in [3.05, 3.63) is 29.8 Å². The van der Waals surface area contributed by atoms with Gasteiger partial charge in [-0.1, -0.05) is 51.2 Å². The van der Waals surface area contributed by atoms with E-state index < -0.39 is 12.5 Å². The van der Waals surface area contributed by atoms with E-state index in [9.17, 15) is 18.3 Å². The van der Waals surface area contributed by atoms with E-state index in [2.05, 4.69) is 11.7 Å². The van der Waals surface area contributed by atoms with E-state index in [4.69, 9.17) is 0 Å². The predicted molar refractivity (Wildman–Crippen MR) is 71.5 cm³/mol. The van der Waals surface area contributed by atoms with E-state index in [1.807, 2.05) is 0 Å². The molecule has 0 saturated carbocycles. The summed E-state index contributed by atoms with van der Waals surface area (Å²) in [7, 11) is 0. The van der Waals surface area contributed by atoms with Crippen LogP contribution >= 0.6 is 0 Å². The number of alkyl halides is 3. The fourth-order valence-corrected chi connectivity index (χ4v) is 2.03. The van der Waals surface area contributed by atoms with Gasteiger partial charge in [0.05, 0.1) is 6.10 Å². The zero-order valence-corrected chi connectivity index (χ0v) is 11.6. The molecule has 0 saturated heterocycles. The summed E-state index contributed by atoms with van der Waals surface area (Å²) in [5.41, 5.74) is 0.460. The maximum Gasteiger partial charge on any atom is 0.573 e. The third kappa shape index (κ3) is 6.80. The summed E-state index contributed by atoms with van der Waals surface area (Å²) in [5, 5.41) is 9.96. The average Bonchev–Trinajstić information content (AvgIpc) is 2.36. The number of rotatable bonds is 8. The molecule has 1 atom stereocenters. The number of aliphatic hydroxyl groups is 1. The van der Waals surface area contributed by atoms with Gasteiger partial charge in [0, 0.05) is 0 Å². The monoisotopic (exact) mass is 290 g/mol. The number of benzene rings is 1. The van der Waals surface area contributed by atoms with Crippen LogP contribution < -0.4 is 4.74 Å². The van der Waals surface area contributed by atoms with Crippen molar-refractivity contribution in [3.63, 3.8) is 0 Å². The molecule has 0 aliphatic carbocycles. The Morgan fingerprint density at radius 2 is 1.85 bits per heavy atom. The van der Waals surface area contributed by atoms with Gasteiger partial charge in [-0.25, -0.2) is 0 Å². The number of halogens is 3. The quantitative estimate of drug-likeness (QED) is 0.684. The lowest BCUT2D eigenvalue weighted by Crippen LogP contribution is -2.17. The summed E-state index contributed by atoms with van der Waals surface area (Å²) in [5.74, 6) is -0.292. The van der Waals surface area contributed by atoms with Crippen molar-refractivity contribution < 1.29 is 23.0 Å². The maximum atomic E-state index is 12.1. The van der Waals surface area contributed by atoms with Crippen molar-refractivity contribution >= 4 is 0 Å². The van der Waals surface area contributed by atoms with Crippen molar-refractivity contribution in [1.29, 1.82) is 0 Å². The molecule has 1 aromatic carbocycles. The minimum Gasteiger partial charge on any atom is -0.406 e. The number of aliphatic hydroxyl groups excluding tert-OH is 1. The summed E-state index contributed by atoms with van der Waals surface area (Å²) < 4.78 is 40.2. The van der Waals surface area contributed by atoms with Crippen LogP contribution in [0.25, 0.3) is 0 Å². The van der Waals surface area contributed by atoms with Crippen LogP contribution in [0.5, 0.6) is 5.75 Å². The summed E-state index contributed by atoms with van der Waals surface area (Å²) in [4.78, 5) is 0. The molecule has 0 aliphatic heterocycles. The van der Waals surface area contributed by atoms with E-state index >= 15 is 0 Å². The first-order chi connectivity index (χ1) is 9.42. The molecule has 0 fully saturated rings. The normalized spacial score (nSPS) is 13.2. The summed E-state index contributed by atoms with van der Waals surface area (Å²) in [6.45, 7) is 2.13. The first-order valence-corrected chi connectivity index (χ1v) is 6.96. The molecule has 20 heavy (non-hydrogen) atoms. The first-order valence-electron chi connectivity index (χ1n) is 6.96. The lowest BCUT2D eigenvalue weighted by molar-refractivity contribution is -0.274. The number of hydrogen-bond acceptors (Lipinski definition) is 2. The molecule has 0 aliphatic rings. The van der Waals surface area contributed by atoms with Crippen molar-refractivity contribution in [2.45, 2.75) is 57.9 Å². The lowest BCUT2D eigenvalue weighted by Gasteiger charge is -2.13. The minimum atomic E-state index is -4.70. The zero-order valence-electron chi connectivity index (χ0n) is 11.6. The Morgan fingerprint density at radius 1 is 1.15 bits per heavy atom.